The van der Waals surface area contributed by atoms with Crippen molar-refractivity contribution < 1.29 is 19.9 Å². The second-order valence-electron chi connectivity index (χ2n) is 3.96. The molecule has 0 saturated carbocycles. The molecule has 0 atom stereocenters. The largest absolute Gasteiger partial charge is 0.507 e. The first-order valence-electron chi connectivity index (χ1n) is 5.41. The van der Waals surface area contributed by atoms with E-state index < -0.39 is 16.6 Å². The summed E-state index contributed by atoms with van der Waals surface area (Å²) in [7, 11) is 0. The molecule has 0 spiro atoms. The van der Waals surface area contributed by atoms with E-state index in [9.17, 15) is 20.0 Å². The number of phenolic OH excluding ortho intramolecular Hbond substituents is 1. The summed E-state index contributed by atoms with van der Waals surface area (Å²) in [6.07, 6.45) is 0. The topological polar surface area (TPSA) is 101 Å². The number of rotatable bonds is 3. The van der Waals surface area contributed by atoms with E-state index in [2.05, 4.69) is 0 Å². The van der Waals surface area contributed by atoms with Crippen LogP contribution in [0.5, 0.6) is 5.75 Å². The zero-order chi connectivity index (χ0) is 14.9. The van der Waals surface area contributed by atoms with Crippen LogP contribution in [0.2, 0.25) is 5.02 Å². The molecule has 0 fully saturated rings. The number of carboxylic acids is 1. The molecule has 7 heteroatoms. The van der Waals surface area contributed by atoms with Gasteiger partial charge < -0.3 is 10.2 Å². The first kappa shape index (κ1) is 13.8. The molecule has 20 heavy (non-hydrogen) atoms. The summed E-state index contributed by atoms with van der Waals surface area (Å²) in [4.78, 5) is 20.9. The fourth-order valence-corrected chi connectivity index (χ4v) is 1.97. The molecule has 6 nitrogen and oxygen atoms in total. The third kappa shape index (κ3) is 2.55. The van der Waals surface area contributed by atoms with Crippen molar-refractivity contribution in [1.82, 2.24) is 0 Å². The average molecular weight is 294 g/mol. The molecule has 0 unspecified atom stereocenters. The first-order chi connectivity index (χ1) is 9.40. The van der Waals surface area contributed by atoms with E-state index in [1.807, 2.05) is 0 Å². The quantitative estimate of drug-likeness (QED) is 0.668. The summed E-state index contributed by atoms with van der Waals surface area (Å²) in [6.45, 7) is 0. The predicted octanol–water partition coefficient (Wildman–Crippen LogP) is 3.32. The average Bonchev–Trinajstić information content (AvgIpc) is 2.40. The Morgan fingerprint density at radius 3 is 2.55 bits per heavy atom. The summed E-state index contributed by atoms with van der Waals surface area (Å²) in [5.41, 5.74) is 0.251. The van der Waals surface area contributed by atoms with Gasteiger partial charge in [-0.25, -0.2) is 4.79 Å². The molecule has 0 radical (unpaired) electrons. The van der Waals surface area contributed by atoms with Crippen LogP contribution in [-0.2, 0) is 0 Å². The Hall–Kier alpha value is -2.60. The molecule has 0 aliphatic carbocycles. The molecular weight excluding hydrogens is 286 g/mol. The number of aromatic hydroxyl groups is 1. The molecule has 102 valence electrons. The predicted molar refractivity (Wildman–Crippen MR) is 72.2 cm³/mol. The third-order valence-corrected chi connectivity index (χ3v) is 2.99. The van der Waals surface area contributed by atoms with Crippen LogP contribution in [0.4, 0.5) is 5.69 Å². The Morgan fingerprint density at radius 2 is 1.95 bits per heavy atom. The number of carboxylic acid groups (broad SMARTS) is 1. The minimum Gasteiger partial charge on any atom is -0.507 e. The van der Waals surface area contributed by atoms with Gasteiger partial charge in [0, 0.05) is 5.56 Å². The number of halogens is 1. The number of nitro groups is 1. The summed E-state index contributed by atoms with van der Waals surface area (Å²) >= 11 is 5.78. The van der Waals surface area contributed by atoms with Gasteiger partial charge in [-0.3, -0.25) is 10.1 Å². The van der Waals surface area contributed by atoms with Crippen molar-refractivity contribution in [3.8, 4) is 16.9 Å². The maximum absolute atomic E-state index is 10.9. The van der Waals surface area contributed by atoms with Gasteiger partial charge in [-0.15, -0.1) is 0 Å². The molecule has 0 bridgehead atoms. The Labute approximate surface area is 118 Å². The summed E-state index contributed by atoms with van der Waals surface area (Å²) in [5.74, 6) is -1.46. The van der Waals surface area contributed by atoms with Gasteiger partial charge in [0.1, 0.15) is 10.8 Å². The SMILES string of the molecule is O=C(O)c1cccc(-c2cc(Cl)c([N+](=O)[O-])cc2O)c1. The lowest BCUT2D eigenvalue weighted by atomic mass is 10.0. The minimum absolute atomic E-state index is 0.0383. The fourth-order valence-electron chi connectivity index (χ4n) is 1.74. The van der Waals surface area contributed by atoms with E-state index in [4.69, 9.17) is 16.7 Å². The number of hydrogen-bond acceptors (Lipinski definition) is 4. The lowest BCUT2D eigenvalue weighted by Gasteiger charge is -2.07. The van der Waals surface area contributed by atoms with Crippen LogP contribution < -0.4 is 0 Å². The van der Waals surface area contributed by atoms with Crippen LogP contribution in [-0.4, -0.2) is 21.1 Å². The lowest BCUT2D eigenvalue weighted by molar-refractivity contribution is -0.384. The summed E-state index contributed by atoms with van der Waals surface area (Å²) in [5, 5.41) is 29.3. The third-order valence-electron chi connectivity index (χ3n) is 2.68. The van der Waals surface area contributed by atoms with Gasteiger partial charge in [-0.2, -0.15) is 0 Å². The second-order valence-corrected chi connectivity index (χ2v) is 4.37. The monoisotopic (exact) mass is 293 g/mol. The van der Waals surface area contributed by atoms with E-state index in [1.165, 1.54) is 24.3 Å². The van der Waals surface area contributed by atoms with Gasteiger partial charge in [0.05, 0.1) is 16.6 Å². The molecule has 0 aliphatic heterocycles. The Kier molecular flexibility index (Phi) is 3.58. The maximum atomic E-state index is 10.9. The van der Waals surface area contributed by atoms with E-state index in [1.54, 1.807) is 6.07 Å². The van der Waals surface area contributed by atoms with Crippen LogP contribution in [0.25, 0.3) is 11.1 Å². The number of aromatic carboxylic acids is 1. The van der Waals surface area contributed by atoms with Crippen LogP contribution in [0.15, 0.2) is 36.4 Å². The van der Waals surface area contributed by atoms with Crippen molar-refractivity contribution in [2.75, 3.05) is 0 Å². The van der Waals surface area contributed by atoms with Gasteiger partial charge in [-0.05, 0) is 23.8 Å². The number of benzene rings is 2. The fraction of sp³-hybridized carbons (Fsp3) is 0. The van der Waals surface area contributed by atoms with E-state index in [-0.39, 0.29) is 21.9 Å². The summed E-state index contributed by atoms with van der Waals surface area (Å²) < 4.78 is 0. The molecule has 2 N–H and O–H groups in total. The number of hydrogen-bond donors (Lipinski definition) is 2. The standard InChI is InChI=1S/C13H8ClNO5/c14-10-5-9(12(16)6-11(10)15(19)20)7-2-1-3-8(4-7)13(17)18/h1-6,16H,(H,17,18). The Balaban J connectivity index is 2.59. The van der Waals surface area contributed by atoms with Gasteiger partial charge in [0.2, 0.25) is 0 Å². The normalized spacial score (nSPS) is 10.2. The van der Waals surface area contributed by atoms with Gasteiger partial charge in [0.25, 0.3) is 5.69 Å². The number of nitro benzene ring substituents is 1. The van der Waals surface area contributed by atoms with Gasteiger partial charge in [0.15, 0.2) is 0 Å². The molecule has 0 amide bonds. The number of carbonyl (C=O) groups is 1. The van der Waals surface area contributed by atoms with Crippen molar-refractivity contribution >= 4 is 23.3 Å². The van der Waals surface area contributed by atoms with Crippen molar-refractivity contribution in [2.24, 2.45) is 0 Å². The highest BCUT2D eigenvalue weighted by molar-refractivity contribution is 6.33. The Bertz CT molecular complexity index is 714. The van der Waals surface area contributed by atoms with Gasteiger partial charge >= 0.3 is 5.97 Å². The zero-order valence-corrected chi connectivity index (χ0v) is 10.7. The smallest absolute Gasteiger partial charge is 0.335 e. The molecule has 0 aliphatic rings. The molecule has 0 heterocycles. The zero-order valence-electron chi connectivity index (χ0n) is 9.91. The molecule has 0 aromatic heterocycles. The van der Waals surface area contributed by atoms with Crippen LogP contribution in [0.3, 0.4) is 0 Å². The highest BCUT2D eigenvalue weighted by Crippen LogP contribution is 2.37. The van der Waals surface area contributed by atoms with Gasteiger partial charge in [-0.1, -0.05) is 23.7 Å². The van der Waals surface area contributed by atoms with Crippen LogP contribution >= 0.6 is 11.6 Å². The molecule has 2 rings (SSSR count). The van der Waals surface area contributed by atoms with Crippen molar-refractivity contribution in [3.05, 3.63) is 57.1 Å². The highest BCUT2D eigenvalue weighted by atomic mass is 35.5. The van der Waals surface area contributed by atoms with Crippen molar-refractivity contribution in [3.63, 3.8) is 0 Å². The highest BCUT2D eigenvalue weighted by Gasteiger charge is 2.18. The molecule has 2 aromatic rings. The lowest BCUT2D eigenvalue weighted by Crippen LogP contribution is -1.96. The van der Waals surface area contributed by atoms with Crippen LogP contribution in [0.1, 0.15) is 10.4 Å². The van der Waals surface area contributed by atoms with E-state index >= 15 is 0 Å². The Morgan fingerprint density at radius 1 is 1.25 bits per heavy atom. The van der Waals surface area contributed by atoms with E-state index in [0.717, 1.165) is 6.07 Å². The molecule has 0 saturated heterocycles. The molecule has 2 aromatic carbocycles. The van der Waals surface area contributed by atoms with Crippen molar-refractivity contribution in [1.29, 1.82) is 0 Å². The maximum Gasteiger partial charge on any atom is 0.335 e. The van der Waals surface area contributed by atoms with E-state index in [0.29, 0.717) is 5.56 Å². The van der Waals surface area contributed by atoms with Crippen molar-refractivity contribution in [2.45, 2.75) is 0 Å². The second kappa shape index (κ2) is 5.18. The van der Waals surface area contributed by atoms with Crippen LogP contribution in [0, 0.1) is 10.1 Å². The molecular formula is C13H8ClNO5. The number of nitrogens with zero attached hydrogens (tertiary/aromatic N) is 1. The number of phenols is 1. The first-order valence-corrected chi connectivity index (χ1v) is 5.78. The minimum atomic E-state index is -1.11. The summed E-state index contributed by atoms with van der Waals surface area (Å²) in [6, 6.07) is 7.99.